The minimum atomic E-state index is -4.72. The second kappa shape index (κ2) is 7.01. The molecule has 17 heavy (non-hydrogen) atoms. The average Bonchev–Trinajstić information content (AvgIpc) is 2.17. The van der Waals surface area contributed by atoms with Crippen molar-refractivity contribution in [3.63, 3.8) is 0 Å². The third-order valence-electron chi connectivity index (χ3n) is 2.06. The van der Waals surface area contributed by atoms with E-state index in [2.05, 4.69) is 0 Å². The smallest absolute Gasteiger partial charge is 0.739 e. The molecule has 0 amide bonds. The van der Waals surface area contributed by atoms with Crippen molar-refractivity contribution < 1.29 is 67.7 Å². The molecule has 11 heteroatoms. The van der Waals surface area contributed by atoms with Gasteiger partial charge < -0.3 is 29.7 Å². The number of aliphatic hydroxyl groups excluding tert-OH is 4. The van der Waals surface area contributed by atoms with Gasteiger partial charge in [0.05, 0.1) is 6.61 Å². The molecule has 0 saturated carbocycles. The summed E-state index contributed by atoms with van der Waals surface area (Å²) in [6.07, 6.45) is -6.22. The molecule has 4 N–H and O–H groups in total. The Bertz CT molecular complexity index is 333. The van der Waals surface area contributed by atoms with E-state index in [1.807, 2.05) is 0 Å². The van der Waals surface area contributed by atoms with E-state index in [0.29, 0.717) is 0 Å². The Hall–Kier alpha value is 1.06. The van der Waals surface area contributed by atoms with Crippen LogP contribution < -0.4 is 29.6 Å². The van der Waals surface area contributed by atoms with Gasteiger partial charge >= 0.3 is 29.6 Å². The first-order valence-electron chi connectivity index (χ1n) is 4.21. The summed E-state index contributed by atoms with van der Waals surface area (Å²) in [6, 6.07) is 0. The van der Waals surface area contributed by atoms with Crippen molar-refractivity contribution >= 4 is 19.9 Å². The maximum absolute atomic E-state index is 10.4. The Labute approximate surface area is 123 Å². The van der Waals surface area contributed by atoms with Crippen LogP contribution in [0, 0.1) is 0 Å². The summed E-state index contributed by atoms with van der Waals surface area (Å²) in [4.78, 5) is 0. The van der Waals surface area contributed by atoms with Crippen molar-refractivity contribution in [1.29, 1.82) is 0 Å². The van der Waals surface area contributed by atoms with Crippen molar-refractivity contribution in [1.82, 2.24) is 0 Å². The zero-order valence-electron chi connectivity index (χ0n) is 8.83. The molecule has 1 heterocycles. The van der Waals surface area contributed by atoms with Crippen LogP contribution in [0.5, 0.6) is 0 Å². The molecule has 0 aliphatic carbocycles. The average molecular weight is 298 g/mol. The standard InChI is InChI=1S/C6H12O8S2.Na/c7-1-2-3(8)4(9)5(10)6(14-2)15-16(11,12)13;/h2-10H,1H2,(H,11,12,13);/q;+1/p-1/t2-,3-,4+,5-,6+;/m1./s1. The molecule has 5 atom stereocenters. The van der Waals surface area contributed by atoms with Gasteiger partial charge in [0, 0.05) is 0 Å². The summed E-state index contributed by atoms with van der Waals surface area (Å²) in [5, 5.41) is 36.7. The zero-order chi connectivity index (χ0) is 12.5. The molecule has 0 aromatic heterocycles. The summed E-state index contributed by atoms with van der Waals surface area (Å²) in [5.74, 6) is 0. The van der Waals surface area contributed by atoms with E-state index in [4.69, 9.17) is 9.84 Å². The van der Waals surface area contributed by atoms with Crippen LogP contribution in [0.25, 0.3) is 0 Å². The fourth-order valence-electron chi connectivity index (χ4n) is 1.26. The molecular weight excluding hydrogens is 287 g/mol. The minimum Gasteiger partial charge on any atom is -0.739 e. The van der Waals surface area contributed by atoms with Gasteiger partial charge in [-0.3, -0.25) is 0 Å². The predicted octanol–water partition coefficient (Wildman–Crippen LogP) is -6.02. The van der Waals surface area contributed by atoms with Gasteiger partial charge in [-0.05, 0) is 10.8 Å². The SMILES string of the molecule is O=S(=O)([O-])S[C@@H]1O[C@H](CO)[C@@H](O)[C@H](O)[C@H]1O.[Na+]. The molecule has 96 valence electrons. The largest absolute Gasteiger partial charge is 1.00 e. The van der Waals surface area contributed by atoms with Crippen LogP contribution in [-0.4, -0.2) is 69.9 Å². The molecular formula is C6H11NaO8S2. The quantitative estimate of drug-likeness (QED) is 0.227. The molecule has 0 spiro atoms. The number of ether oxygens (including phenoxy) is 1. The van der Waals surface area contributed by atoms with Crippen LogP contribution in [0.3, 0.4) is 0 Å². The van der Waals surface area contributed by atoms with Crippen molar-refractivity contribution in [2.75, 3.05) is 6.61 Å². The molecule has 1 aliphatic rings. The predicted molar refractivity (Wildman–Crippen MR) is 51.1 cm³/mol. The van der Waals surface area contributed by atoms with Crippen LogP contribution in [0.15, 0.2) is 0 Å². The molecule has 0 aromatic rings. The van der Waals surface area contributed by atoms with E-state index < -0.39 is 45.6 Å². The third kappa shape index (κ3) is 4.91. The maximum Gasteiger partial charge on any atom is 1.00 e. The van der Waals surface area contributed by atoms with Gasteiger partial charge in [-0.1, -0.05) is 0 Å². The Morgan fingerprint density at radius 2 is 1.71 bits per heavy atom. The summed E-state index contributed by atoms with van der Waals surface area (Å²) < 4.78 is 36.1. The first-order chi connectivity index (χ1) is 7.26. The van der Waals surface area contributed by atoms with Crippen molar-refractivity contribution in [2.24, 2.45) is 0 Å². The molecule has 1 fully saturated rings. The topological polar surface area (TPSA) is 147 Å². The third-order valence-corrected chi connectivity index (χ3v) is 4.15. The molecule has 8 nitrogen and oxygen atoms in total. The van der Waals surface area contributed by atoms with E-state index in [1.54, 1.807) is 0 Å². The molecule has 0 unspecified atom stereocenters. The van der Waals surface area contributed by atoms with Gasteiger partial charge in [0.1, 0.15) is 29.9 Å². The van der Waals surface area contributed by atoms with Crippen LogP contribution in [-0.2, 0) is 13.9 Å². The minimum absolute atomic E-state index is 0. The Kier molecular flexibility index (Phi) is 7.44. The normalized spacial score (nSPS) is 38.5. The van der Waals surface area contributed by atoms with Crippen molar-refractivity contribution in [2.45, 2.75) is 29.9 Å². The van der Waals surface area contributed by atoms with E-state index in [0.717, 1.165) is 0 Å². The van der Waals surface area contributed by atoms with Gasteiger partial charge in [0.25, 0.3) is 0 Å². The van der Waals surface area contributed by atoms with Crippen LogP contribution in [0.2, 0.25) is 0 Å². The first kappa shape index (κ1) is 18.1. The number of aliphatic hydroxyl groups is 4. The Balaban J connectivity index is 0.00000256. The van der Waals surface area contributed by atoms with Crippen molar-refractivity contribution in [3.05, 3.63) is 0 Å². The second-order valence-corrected chi connectivity index (χ2v) is 6.48. The second-order valence-electron chi connectivity index (χ2n) is 3.20. The van der Waals surface area contributed by atoms with E-state index in [-0.39, 0.29) is 40.4 Å². The summed E-state index contributed by atoms with van der Waals surface area (Å²) in [5.41, 5.74) is -1.54. The molecule has 1 aliphatic heterocycles. The number of hydrogen-bond donors (Lipinski definition) is 4. The summed E-state index contributed by atoms with van der Waals surface area (Å²) in [6.45, 7) is -0.680. The maximum atomic E-state index is 10.4. The van der Waals surface area contributed by atoms with Gasteiger partial charge in [-0.2, -0.15) is 0 Å². The first-order valence-corrected chi connectivity index (χ1v) is 7.01. The van der Waals surface area contributed by atoms with E-state index in [9.17, 15) is 28.3 Å². The molecule has 1 rings (SSSR count). The molecule has 0 bridgehead atoms. The zero-order valence-corrected chi connectivity index (χ0v) is 12.5. The van der Waals surface area contributed by atoms with Gasteiger partial charge in [-0.15, -0.1) is 0 Å². The van der Waals surface area contributed by atoms with Gasteiger partial charge in [0.15, 0.2) is 9.15 Å². The van der Waals surface area contributed by atoms with Crippen molar-refractivity contribution in [3.8, 4) is 0 Å². The van der Waals surface area contributed by atoms with Crippen LogP contribution in [0.4, 0.5) is 0 Å². The fourth-order valence-corrected chi connectivity index (χ4v) is 3.13. The van der Waals surface area contributed by atoms with Crippen LogP contribution >= 0.6 is 10.8 Å². The molecule has 0 aromatic carbocycles. The molecule has 1 saturated heterocycles. The fraction of sp³-hybridized carbons (Fsp3) is 1.00. The van der Waals surface area contributed by atoms with Gasteiger partial charge in [0.2, 0.25) is 0 Å². The summed E-state index contributed by atoms with van der Waals surface area (Å²) in [7, 11) is -4.95. The van der Waals surface area contributed by atoms with E-state index >= 15 is 0 Å². The Morgan fingerprint density at radius 3 is 2.12 bits per heavy atom. The number of rotatable bonds is 3. The van der Waals surface area contributed by atoms with E-state index in [1.165, 1.54) is 0 Å². The van der Waals surface area contributed by atoms with Crippen LogP contribution in [0.1, 0.15) is 0 Å². The molecule has 0 radical (unpaired) electrons. The number of hydrogen-bond acceptors (Lipinski definition) is 9. The monoisotopic (exact) mass is 298 g/mol. The van der Waals surface area contributed by atoms with Gasteiger partial charge in [-0.25, -0.2) is 8.42 Å². The summed E-state index contributed by atoms with van der Waals surface area (Å²) >= 11 is 0. The Morgan fingerprint density at radius 1 is 1.18 bits per heavy atom.